The molecule has 1 N–H and O–H groups in total. The van der Waals surface area contributed by atoms with E-state index in [2.05, 4.69) is 31.8 Å². The molecule has 0 radical (unpaired) electrons. The molecule has 0 aromatic carbocycles. The number of allylic oxidation sites excluding steroid dienone is 2. The van der Waals surface area contributed by atoms with Crippen molar-refractivity contribution >= 4 is 28.9 Å². The maximum absolute atomic E-state index is 14.2. The zero-order chi connectivity index (χ0) is 26.7. The van der Waals surface area contributed by atoms with Crippen molar-refractivity contribution in [3.63, 3.8) is 0 Å². The van der Waals surface area contributed by atoms with Gasteiger partial charge in [-0.05, 0) is 84.6 Å². The summed E-state index contributed by atoms with van der Waals surface area (Å²) in [5.74, 6) is 5.47. The molecule has 4 rings (SSSR count). The van der Waals surface area contributed by atoms with E-state index in [0.717, 1.165) is 45.1 Å². The van der Waals surface area contributed by atoms with Gasteiger partial charge in [-0.15, -0.1) is 11.3 Å². The molecule has 3 atom stereocenters. The van der Waals surface area contributed by atoms with Gasteiger partial charge >= 0.3 is 5.97 Å². The lowest BCUT2D eigenvalue weighted by Gasteiger charge is -2.40. The van der Waals surface area contributed by atoms with E-state index < -0.39 is 5.97 Å². The van der Waals surface area contributed by atoms with Gasteiger partial charge in [-0.1, -0.05) is 30.4 Å². The number of carboxylic acid groups (broad SMARTS) is 1. The molecule has 2 heterocycles. The fourth-order valence-electron chi connectivity index (χ4n) is 5.67. The fourth-order valence-corrected chi connectivity index (χ4v) is 6.51. The summed E-state index contributed by atoms with van der Waals surface area (Å²) in [5.41, 5.74) is 1.62. The summed E-state index contributed by atoms with van der Waals surface area (Å²) in [6.07, 6.45) is 8.31. The Bertz CT molecular complexity index is 1070. The van der Waals surface area contributed by atoms with Gasteiger partial charge in [-0.2, -0.15) is 0 Å². The standard InChI is InChI=1S/C30H41NO5S/c1-19-6-11-25(20(2)16-19)28(32)31(21-7-9-22(10-8-21)36-23-13-15-35-18-23)26-17-24(12-14-30(3,4)5)37-27(26)29(33)34/h6,17,20-23,25H,7-11,13,15-16,18H2,1-5H3,(H,33,34)/t20-,21?,22?,23+,25-/m1/s1. The molecular weight excluding hydrogens is 486 g/mol. The molecule has 202 valence electrons. The van der Waals surface area contributed by atoms with Crippen LogP contribution in [-0.2, 0) is 14.3 Å². The summed E-state index contributed by atoms with van der Waals surface area (Å²) >= 11 is 1.17. The quantitative estimate of drug-likeness (QED) is 0.348. The molecule has 0 spiro atoms. The van der Waals surface area contributed by atoms with Crippen LogP contribution in [0.4, 0.5) is 5.69 Å². The van der Waals surface area contributed by atoms with Crippen molar-refractivity contribution in [2.45, 2.75) is 97.8 Å². The number of carbonyl (C=O) groups excluding carboxylic acids is 1. The number of carbonyl (C=O) groups is 2. The van der Waals surface area contributed by atoms with Crippen molar-refractivity contribution in [3.05, 3.63) is 27.5 Å². The zero-order valence-electron chi connectivity index (χ0n) is 22.8. The van der Waals surface area contributed by atoms with E-state index >= 15 is 0 Å². The second-order valence-corrected chi connectivity index (χ2v) is 13.0. The van der Waals surface area contributed by atoms with Crippen molar-refractivity contribution < 1.29 is 24.2 Å². The third-order valence-corrected chi connectivity index (χ3v) is 8.64. The third kappa shape index (κ3) is 7.04. The van der Waals surface area contributed by atoms with Crippen LogP contribution in [0.2, 0.25) is 0 Å². The summed E-state index contributed by atoms with van der Waals surface area (Å²) in [7, 11) is 0. The number of thiophene rings is 1. The monoisotopic (exact) mass is 527 g/mol. The Hall–Kier alpha value is -2.14. The van der Waals surface area contributed by atoms with Gasteiger partial charge in [-0.3, -0.25) is 4.79 Å². The largest absolute Gasteiger partial charge is 0.477 e. The minimum atomic E-state index is -1.01. The van der Waals surface area contributed by atoms with Crippen molar-refractivity contribution in [3.8, 4) is 11.8 Å². The molecule has 1 saturated heterocycles. The number of nitrogens with zero attached hydrogens (tertiary/aromatic N) is 1. The Kier molecular flexibility index (Phi) is 8.83. The normalized spacial score (nSPS) is 28.2. The van der Waals surface area contributed by atoms with E-state index in [1.807, 2.05) is 31.7 Å². The van der Waals surface area contributed by atoms with Crippen LogP contribution < -0.4 is 4.90 Å². The Morgan fingerprint density at radius 3 is 2.49 bits per heavy atom. The van der Waals surface area contributed by atoms with E-state index in [1.54, 1.807) is 0 Å². The van der Waals surface area contributed by atoms with Crippen LogP contribution >= 0.6 is 11.3 Å². The molecule has 1 aromatic heterocycles. The Labute approximate surface area is 225 Å². The first-order valence-corrected chi connectivity index (χ1v) is 14.5. The number of hydrogen-bond donors (Lipinski definition) is 1. The predicted molar refractivity (Wildman–Crippen MR) is 147 cm³/mol. The number of carboxylic acids is 1. The third-order valence-electron chi connectivity index (χ3n) is 7.61. The molecule has 3 aliphatic rings. The highest BCUT2D eigenvalue weighted by molar-refractivity contribution is 7.15. The average molecular weight is 528 g/mol. The van der Waals surface area contributed by atoms with Crippen molar-refractivity contribution in [1.82, 2.24) is 0 Å². The van der Waals surface area contributed by atoms with Crippen LogP contribution in [0.3, 0.4) is 0 Å². The van der Waals surface area contributed by atoms with Gasteiger partial charge in [0.25, 0.3) is 0 Å². The van der Waals surface area contributed by atoms with E-state index in [9.17, 15) is 14.7 Å². The van der Waals surface area contributed by atoms with Gasteiger partial charge in [0.1, 0.15) is 4.88 Å². The molecule has 37 heavy (non-hydrogen) atoms. The van der Waals surface area contributed by atoms with Crippen LogP contribution in [0, 0.1) is 29.1 Å². The molecule has 0 bridgehead atoms. The lowest BCUT2D eigenvalue weighted by Crippen LogP contribution is -2.48. The minimum Gasteiger partial charge on any atom is -0.477 e. The lowest BCUT2D eigenvalue weighted by molar-refractivity contribution is -0.124. The smallest absolute Gasteiger partial charge is 0.348 e. The molecule has 1 aliphatic heterocycles. The molecule has 1 saturated carbocycles. The van der Waals surface area contributed by atoms with Crippen LogP contribution in [0.1, 0.15) is 94.1 Å². The number of aromatic carboxylic acids is 1. The van der Waals surface area contributed by atoms with Gasteiger partial charge in [0, 0.05) is 24.0 Å². The Morgan fingerprint density at radius 2 is 1.89 bits per heavy atom. The Balaban J connectivity index is 1.63. The topological polar surface area (TPSA) is 76.1 Å². The highest BCUT2D eigenvalue weighted by atomic mass is 32.1. The SMILES string of the molecule is CC1=CC[C@@H](C(=O)N(c2cc(C#CC(C)(C)C)sc2C(=O)O)C2CCC(O[C@H]3CCOC3)CC2)[C@H](C)C1. The van der Waals surface area contributed by atoms with Crippen molar-refractivity contribution in [1.29, 1.82) is 0 Å². The first-order chi connectivity index (χ1) is 17.5. The van der Waals surface area contributed by atoms with E-state index in [1.165, 1.54) is 16.9 Å². The van der Waals surface area contributed by atoms with E-state index in [0.29, 0.717) is 23.6 Å². The number of anilines is 1. The molecule has 1 amide bonds. The zero-order valence-corrected chi connectivity index (χ0v) is 23.7. The molecular formula is C30H41NO5S. The highest BCUT2D eigenvalue weighted by Crippen LogP contribution is 2.39. The van der Waals surface area contributed by atoms with E-state index in [-0.39, 0.29) is 46.3 Å². The van der Waals surface area contributed by atoms with Gasteiger partial charge in [-0.25, -0.2) is 4.79 Å². The molecule has 1 aromatic rings. The highest BCUT2D eigenvalue weighted by Gasteiger charge is 2.39. The summed E-state index contributed by atoms with van der Waals surface area (Å²) < 4.78 is 11.7. The molecule has 6 nitrogen and oxygen atoms in total. The minimum absolute atomic E-state index is 0.0421. The summed E-state index contributed by atoms with van der Waals surface area (Å²) in [6, 6.07) is 1.78. The maximum Gasteiger partial charge on any atom is 0.348 e. The average Bonchev–Trinajstić information content (AvgIpc) is 3.49. The van der Waals surface area contributed by atoms with Crippen molar-refractivity contribution in [2.24, 2.45) is 17.3 Å². The summed E-state index contributed by atoms with van der Waals surface area (Å²) in [6.45, 7) is 11.8. The van der Waals surface area contributed by atoms with Crippen LogP contribution in [0.15, 0.2) is 17.7 Å². The van der Waals surface area contributed by atoms with Gasteiger partial charge in [0.15, 0.2) is 0 Å². The number of hydrogen-bond acceptors (Lipinski definition) is 5. The first kappa shape index (κ1) is 27.9. The van der Waals surface area contributed by atoms with Crippen LogP contribution in [0.25, 0.3) is 0 Å². The maximum atomic E-state index is 14.2. The lowest BCUT2D eigenvalue weighted by atomic mass is 9.79. The van der Waals surface area contributed by atoms with Crippen molar-refractivity contribution in [2.75, 3.05) is 18.1 Å². The van der Waals surface area contributed by atoms with Gasteiger partial charge in [0.05, 0.1) is 29.4 Å². The van der Waals surface area contributed by atoms with Crippen LogP contribution in [-0.4, -0.2) is 48.4 Å². The predicted octanol–water partition coefficient (Wildman–Crippen LogP) is 6.29. The second-order valence-electron chi connectivity index (χ2n) is 12.0. The molecule has 2 aliphatic carbocycles. The van der Waals surface area contributed by atoms with Gasteiger partial charge in [0.2, 0.25) is 5.91 Å². The number of amides is 1. The number of ether oxygens (including phenoxy) is 2. The van der Waals surface area contributed by atoms with Gasteiger partial charge < -0.3 is 19.5 Å². The summed E-state index contributed by atoms with van der Waals surface area (Å²) in [4.78, 5) is 29.3. The fraction of sp³-hybridized carbons (Fsp3) is 0.667. The van der Waals surface area contributed by atoms with Crippen LogP contribution in [0.5, 0.6) is 0 Å². The number of rotatable bonds is 6. The first-order valence-electron chi connectivity index (χ1n) is 13.6. The Morgan fingerprint density at radius 1 is 1.16 bits per heavy atom. The molecule has 7 heteroatoms. The van der Waals surface area contributed by atoms with E-state index in [4.69, 9.17) is 9.47 Å². The second kappa shape index (κ2) is 11.7. The molecule has 0 unspecified atom stereocenters. The summed E-state index contributed by atoms with van der Waals surface area (Å²) in [5, 5.41) is 10.1. The molecule has 2 fully saturated rings.